The summed E-state index contributed by atoms with van der Waals surface area (Å²) in [7, 11) is -3.67. The minimum atomic E-state index is -3.67. The van der Waals surface area contributed by atoms with Gasteiger partial charge in [-0.2, -0.15) is 8.42 Å². The van der Waals surface area contributed by atoms with Crippen LogP contribution < -0.4 is 4.72 Å². The Morgan fingerprint density at radius 2 is 2.15 bits per heavy atom. The van der Waals surface area contributed by atoms with E-state index in [-0.39, 0.29) is 5.03 Å². The Labute approximate surface area is 119 Å². The largest absolute Gasteiger partial charge is 0.332 e. The van der Waals surface area contributed by atoms with E-state index in [1.54, 1.807) is 0 Å². The van der Waals surface area contributed by atoms with Crippen LogP contribution in [0.1, 0.15) is 12.7 Å². The normalized spacial score (nSPS) is 11.8. The number of nitrogens with one attached hydrogen (secondary N) is 2. The van der Waals surface area contributed by atoms with Crippen molar-refractivity contribution in [1.82, 2.24) is 15.0 Å². The number of H-pyrrole nitrogens is 1. The third kappa shape index (κ3) is 2.39. The minimum absolute atomic E-state index is 0.0496. The van der Waals surface area contributed by atoms with E-state index in [1.807, 2.05) is 31.2 Å². The molecule has 104 valence electrons. The molecule has 0 saturated heterocycles. The highest BCUT2D eigenvalue weighted by Crippen LogP contribution is 2.27. The van der Waals surface area contributed by atoms with E-state index in [1.165, 1.54) is 17.5 Å². The Hall–Kier alpha value is -1.93. The van der Waals surface area contributed by atoms with Crippen LogP contribution in [0, 0.1) is 0 Å². The fraction of sp³-hybridized carbons (Fsp3) is 0.167. The van der Waals surface area contributed by atoms with Crippen LogP contribution in [0.2, 0.25) is 0 Å². The van der Waals surface area contributed by atoms with Crippen molar-refractivity contribution >= 4 is 36.7 Å². The Morgan fingerprint density at radius 3 is 2.85 bits per heavy atom. The number of thiazole rings is 1. The van der Waals surface area contributed by atoms with Gasteiger partial charge in [0.1, 0.15) is 5.82 Å². The quantitative estimate of drug-likeness (QED) is 0.774. The van der Waals surface area contributed by atoms with Crippen molar-refractivity contribution in [3.63, 3.8) is 0 Å². The predicted octanol–water partition coefficient (Wildman–Crippen LogP) is 2.38. The van der Waals surface area contributed by atoms with Crippen LogP contribution in [0.4, 0.5) is 5.13 Å². The maximum atomic E-state index is 12.2. The van der Waals surface area contributed by atoms with Crippen molar-refractivity contribution in [2.24, 2.45) is 0 Å². The zero-order chi connectivity index (χ0) is 14.2. The highest BCUT2D eigenvalue weighted by atomic mass is 32.2. The Kier molecular flexibility index (Phi) is 3.19. The summed E-state index contributed by atoms with van der Waals surface area (Å²) < 4.78 is 27.8. The van der Waals surface area contributed by atoms with E-state index < -0.39 is 10.0 Å². The van der Waals surface area contributed by atoms with E-state index in [9.17, 15) is 8.42 Å². The van der Waals surface area contributed by atoms with Gasteiger partial charge in [-0.3, -0.25) is 4.72 Å². The van der Waals surface area contributed by atoms with E-state index >= 15 is 0 Å². The van der Waals surface area contributed by atoms with E-state index in [0.29, 0.717) is 17.4 Å². The molecule has 20 heavy (non-hydrogen) atoms. The molecule has 0 bridgehead atoms. The standard InChI is InChI=1S/C12H12N4O2S2/c1-2-10-13-7-11(15-10)20(17,18)16-12-14-8-5-3-4-6-9(8)19-12/h3-7H,2H2,1H3,(H,13,15)(H,14,16). The molecule has 1 aromatic carbocycles. The lowest BCUT2D eigenvalue weighted by atomic mass is 10.3. The first-order valence-corrected chi connectivity index (χ1v) is 8.31. The molecular weight excluding hydrogens is 296 g/mol. The van der Waals surface area contributed by atoms with Gasteiger partial charge in [0.05, 0.1) is 16.4 Å². The maximum absolute atomic E-state index is 12.2. The predicted molar refractivity (Wildman–Crippen MR) is 78.4 cm³/mol. The van der Waals surface area contributed by atoms with Crippen LogP contribution in [0.3, 0.4) is 0 Å². The third-order valence-corrected chi connectivity index (χ3v) is 5.07. The summed E-state index contributed by atoms with van der Waals surface area (Å²) >= 11 is 1.30. The zero-order valence-corrected chi connectivity index (χ0v) is 12.3. The first-order chi connectivity index (χ1) is 9.58. The SMILES string of the molecule is CCc1ncc(S(=O)(=O)Nc2nc3ccccc3s2)[nH]1. The van der Waals surface area contributed by atoms with Gasteiger partial charge in [0, 0.05) is 6.42 Å². The van der Waals surface area contributed by atoms with Crippen molar-refractivity contribution in [1.29, 1.82) is 0 Å². The van der Waals surface area contributed by atoms with Gasteiger partial charge in [0.15, 0.2) is 10.2 Å². The number of fused-ring (bicyclic) bond motifs is 1. The fourth-order valence-electron chi connectivity index (χ4n) is 1.75. The lowest BCUT2D eigenvalue weighted by Crippen LogP contribution is -2.13. The first-order valence-electron chi connectivity index (χ1n) is 6.01. The fourth-order valence-corrected chi connectivity index (χ4v) is 3.79. The van der Waals surface area contributed by atoms with Gasteiger partial charge in [-0.15, -0.1) is 0 Å². The second-order valence-corrected chi connectivity index (χ2v) is 6.82. The van der Waals surface area contributed by atoms with Gasteiger partial charge < -0.3 is 4.98 Å². The van der Waals surface area contributed by atoms with E-state index in [2.05, 4.69) is 19.7 Å². The maximum Gasteiger partial charge on any atom is 0.280 e. The molecule has 0 saturated carbocycles. The van der Waals surface area contributed by atoms with Crippen LogP contribution >= 0.6 is 11.3 Å². The minimum Gasteiger partial charge on any atom is -0.332 e. The van der Waals surface area contributed by atoms with Crippen LogP contribution in [-0.4, -0.2) is 23.4 Å². The number of aryl methyl sites for hydroxylation is 1. The molecule has 2 heterocycles. The molecule has 2 aromatic heterocycles. The van der Waals surface area contributed by atoms with Crippen molar-refractivity contribution in [2.45, 2.75) is 18.4 Å². The molecule has 8 heteroatoms. The third-order valence-electron chi connectivity index (χ3n) is 2.75. The molecule has 2 N–H and O–H groups in total. The van der Waals surface area contributed by atoms with Gasteiger partial charge in [-0.25, -0.2) is 9.97 Å². The Morgan fingerprint density at radius 1 is 1.35 bits per heavy atom. The van der Waals surface area contributed by atoms with E-state index in [0.717, 1.165) is 10.2 Å². The molecule has 0 amide bonds. The molecule has 0 atom stereocenters. The topological polar surface area (TPSA) is 87.7 Å². The van der Waals surface area contributed by atoms with Gasteiger partial charge in [-0.1, -0.05) is 30.4 Å². The van der Waals surface area contributed by atoms with Crippen LogP contribution in [0.25, 0.3) is 10.2 Å². The van der Waals surface area contributed by atoms with Crippen LogP contribution in [0.15, 0.2) is 35.5 Å². The number of hydrogen-bond donors (Lipinski definition) is 2. The summed E-state index contributed by atoms with van der Waals surface area (Å²) in [6.07, 6.45) is 1.96. The summed E-state index contributed by atoms with van der Waals surface area (Å²) in [6, 6.07) is 7.50. The highest BCUT2D eigenvalue weighted by molar-refractivity contribution is 7.92. The Balaban J connectivity index is 1.92. The van der Waals surface area contributed by atoms with Crippen molar-refractivity contribution in [2.75, 3.05) is 4.72 Å². The Bertz CT molecular complexity index is 818. The number of para-hydroxylation sites is 1. The summed E-state index contributed by atoms with van der Waals surface area (Å²) in [5.74, 6) is 0.634. The van der Waals surface area contributed by atoms with Gasteiger partial charge in [0.25, 0.3) is 10.0 Å². The van der Waals surface area contributed by atoms with Crippen molar-refractivity contribution in [3.05, 3.63) is 36.3 Å². The van der Waals surface area contributed by atoms with Gasteiger partial charge >= 0.3 is 0 Å². The molecule has 3 aromatic rings. The molecule has 0 radical (unpaired) electrons. The summed E-state index contributed by atoms with van der Waals surface area (Å²) in [6.45, 7) is 1.90. The molecule has 0 fully saturated rings. The second-order valence-electron chi connectivity index (χ2n) is 4.14. The van der Waals surface area contributed by atoms with Crippen LogP contribution in [-0.2, 0) is 16.4 Å². The number of benzene rings is 1. The number of aromatic amines is 1. The van der Waals surface area contributed by atoms with Crippen molar-refractivity contribution < 1.29 is 8.42 Å². The number of sulfonamides is 1. The monoisotopic (exact) mass is 308 g/mol. The van der Waals surface area contributed by atoms with Gasteiger partial charge in [-0.05, 0) is 12.1 Å². The van der Waals surface area contributed by atoms with Crippen molar-refractivity contribution in [3.8, 4) is 0 Å². The molecule has 0 aliphatic rings. The molecule has 6 nitrogen and oxygen atoms in total. The number of rotatable bonds is 4. The zero-order valence-electron chi connectivity index (χ0n) is 10.6. The average molecular weight is 308 g/mol. The summed E-state index contributed by atoms with van der Waals surface area (Å²) in [5.41, 5.74) is 0.772. The number of nitrogens with zero attached hydrogens (tertiary/aromatic N) is 2. The number of imidazole rings is 1. The molecule has 0 unspecified atom stereocenters. The molecule has 0 spiro atoms. The summed E-state index contributed by atoms with van der Waals surface area (Å²) in [5, 5.41) is 0.396. The lowest BCUT2D eigenvalue weighted by Gasteiger charge is -2.01. The number of aromatic nitrogens is 3. The van der Waals surface area contributed by atoms with Crippen LogP contribution in [0.5, 0.6) is 0 Å². The highest BCUT2D eigenvalue weighted by Gasteiger charge is 2.19. The lowest BCUT2D eigenvalue weighted by molar-refractivity contribution is 0.598. The second kappa shape index (κ2) is 4.88. The number of hydrogen-bond acceptors (Lipinski definition) is 5. The molecule has 3 rings (SSSR count). The summed E-state index contributed by atoms with van der Waals surface area (Å²) in [4.78, 5) is 11.0. The molecular formula is C12H12N4O2S2. The number of anilines is 1. The smallest absolute Gasteiger partial charge is 0.280 e. The molecule has 0 aliphatic carbocycles. The average Bonchev–Trinajstić information content (AvgIpc) is 3.04. The van der Waals surface area contributed by atoms with E-state index in [4.69, 9.17) is 0 Å². The first kappa shape index (κ1) is 13.1. The van der Waals surface area contributed by atoms with Gasteiger partial charge in [0.2, 0.25) is 0 Å². The molecule has 0 aliphatic heterocycles.